The Morgan fingerprint density at radius 1 is 0.312 bits per heavy atom. The van der Waals surface area contributed by atoms with E-state index in [0.717, 1.165) is 39.0 Å². The van der Waals surface area contributed by atoms with Crippen LogP contribution < -0.4 is 4.90 Å². The van der Waals surface area contributed by atoms with E-state index >= 15 is 0 Å². The number of para-hydroxylation sites is 2. The molecule has 0 unspecified atom stereocenters. The number of furan rings is 1. The fourth-order valence-corrected chi connectivity index (χ4v) is 11.5. The van der Waals surface area contributed by atoms with Crippen LogP contribution in [-0.4, -0.2) is 0 Å². The quantitative estimate of drug-likeness (QED) is 0.166. The first-order valence-electron chi connectivity index (χ1n) is 22.2. The monoisotopic (exact) mass is 815 g/mol. The second kappa shape index (κ2) is 14.2. The molecule has 300 valence electrons. The van der Waals surface area contributed by atoms with Crippen LogP contribution in [0.3, 0.4) is 0 Å². The van der Waals surface area contributed by atoms with E-state index in [1.807, 2.05) is 6.07 Å². The predicted molar refractivity (Wildman–Crippen MR) is 263 cm³/mol. The van der Waals surface area contributed by atoms with E-state index in [0.29, 0.717) is 0 Å². The standard InChI is InChI=1S/C62H41NO/c1-4-19-42(20-5-1)43-35-37-46(38-36-43)63(58-33-18-27-51-50-26-11-17-34-59(50)64-60(51)58)47-39-40-49-48-25-10-12-28-52(48)62(57(49)41-47)55-31-15-13-29-53(55)61(44-21-6-2-7-22-44,45-23-8-3-9-24-45)54-30-14-16-32-56(54)62/h1-41H. The Morgan fingerprint density at radius 2 is 0.797 bits per heavy atom. The van der Waals surface area contributed by atoms with Crippen molar-refractivity contribution < 1.29 is 4.42 Å². The zero-order valence-corrected chi connectivity index (χ0v) is 35.0. The van der Waals surface area contributed by atoms with Crippen molar-refractivity contribution >= 4 is 39.0 Å². The van der Waals surface area contributed by atoms with E-state index in [2.05, 4.69) is 248 Å². The van der Waals surface area contributed by atoms with Crippen molar-refractivity contribution in [3.63, 3.8) is 0 Å². The average Bonchev–Trinajstić information content (AvgIpc) is 3.90. The Labute approximate surface area is 373 Å². The summed E-state index contributed by atoms with van der Waals surface area (Å²) < 4.78 is 6.81. The molecular weight excluding hydrogens is 775 g/mol. The van der Waals surface area contributed by atoms with E-state index in [1.54, 1.807) is 0 Å². The fraction of sp³-hybridized carbons (Fsp3) is 0.0323. The zero-order chi connectivity index (χ0) is 42.2. The second-order valence-corrected chi connectivity index (χ2v) is 17.1. The molecule has 11 aromatic rings. The van der Waals surface area contributed by atoms with Crippen molar-refractivity contribution in [3.8, 4) is 22.3 Å². The van der Waals surface area contributed by atoms with Crippen molar-refractivity contribution in [2.75, 3.05) is 4.90 Å². The van der Waals surface area contributed by atoms with Crippen molar-refractivity contribution in [1.29, 1.82) is 0 Å². The van der Waals surface area contributed by atoms with E-state index in [4.69, 9.17) is 4.42 Å². The summed E-state index contributed by atoms with van der Waals surface area (Å²) in [7, 11) is 0. The van der Waals surface area contributed by atoms with E-state index in [-0.39, 0.29) is 0 Å². The molecule has 1 aromatic heterocycles. The first kappa shape index (κ1) is 36.5. The van der Waals surface area contributed by atoms with Gasteiger partial charge >= 0.3 is 0 Å². The summed E-state index contributed by atoms with van der Waals surface area (Å²) >= 11 is 0. The van der Waals surface area contributed by atoms with Gasteiger partial charge in [-0.2, -0.15) is 0 Å². The SMILES string of the molecule is c1ccc(-c2ccc(N(c3ccc4c(c3)C3(c5ccccc5-4)c4ccccc4C(c4ccccc4)(c4ccccc4)c4ccccc43)c3cccc4c3oc3ccccc34)cc2)cc1. The minimum atomic E-state index is -0.629. The van der Waals surface area contributed by atoms with Crippen molar-refractivity contribution in [2.24, 2.45) is 0 Å². The minimum Gasteiger partial charge on any atom is -0.454 e. The van der Waals surface area contributed by atoms with Crippen LogP contribution in [0, 0.1) is 0 Å². The third kappa shape index (κ3) is 5.02. The highest BCUT2D eigenvalue weighted by Crippen LogP contribution is 2.65. The minimum absolute atomic E-state index is 0.570. The average molecular weight is 816 g/mol. The largest absolute Gasteiger partial charge is 0.454 e. The van der Waals surface area contributed by atoms with E-state index < -0.39 is 10.8 Å². The van der Waals surface area contributed by atoms with Gasteiger partial charge in [0.15, 0.2) is 5.58 Å². The molecule has 64 heavy (non-hydrogen) atoms. The van der Waals surface area contributed by atoms with Crippen molar-refractivity contribution in [3.05, 3.63) is 293 Å². The molecule has 0 bridgehead atoms. The summed E-state index contributed by atoms with van der Waals surface area (Å²) in [5.74, 6) is 0. The third-order valence-electron chi connectivity index (χ3n) is 14.0. The van der Waals surface area contributed by atoms with Crippen LogP contribution >= 0.6 is 0 Å². The van der Waals surface area contributed by atoms with Gasteiger partial charge in [0.2, 0.25) is 0 Å². The lowest BCUT2D eigenvalue weighted by atomic mass is 9.51. The lowest BCUT2D eigenvalue weighted by Gasteiger charge is -2.50. The predicted octanol–water partition coefficient (Wildman–Crippen LogP) is 15.8. The number of hydrogen-bond acceptors (Lipinski definition) is 2. The molecule has 0 atom stereocenters. The van der Waals surface area contributed by atoms with Gasteiger partial charge in [0.05, 0.1) is 16.5 Å². The first-order valence-corrected chi connectivity index (χ1v) is 22.2. The first-order chi connectivity index (χ1) is 31.8. The molecule has 2 aliphatic rings. The normalized spacial score (nSPS) is 13.9. The maximum absolute atomic E-state index is 6.81. The van der Waals surface area contributed by atoms with Crippen LogP contribution in [0.2, 0.25) is 0 Å². The summed E-state index contributed by atoms with van der Waals surface area (Å²) in [6, 6.07) is 91.5. The number of anilines is 3. The second-order valence-electron chi connectivity index (χ2n) is 17.1. The Balaban J connectivity index is 1.11. The number of benzene rings is 10. The van der Waals surface area contributed by atoms with Gasteiger partial charge in [-0.25, -0.2) is 0 Å². The van der Waals surface area contributed by atoms with Gasteiger partial charge in [-0.05, 0) is 103 Å². The Kier molecular flexibility index (Phi) is 8.07. The van der Waals surface area contributed by atoms with Gasteiger partial charge in [0.25, 0.3) is 0 Å². The van der Waals surface area contributed by atoms with Gasteiger partial charge in [-0.3, -0.25) is 0 Å². The van der Waals surface area contributed by atoms with Crippen LogP contribution in [0.4, 0.5) is 17.1 Å². The maximum Gasteiger partial charge on any atom is 0.159 e. The van der Waals surface area contributed by atoms with Gasteiger partial charge in [0, 0.05) is 22.1 Å². The molecule has 0 saturated heterocycles. The van der Waals surface area contributed by atoms with Crippen LogP contribution in [0.5, 0.6) is 0 Å². The molecule has 0 fully saturated rings. The number of nitrogens with zero attached hydrogens (tertiary/aromatic N) is 1. The molecular formula is C62H41NO. The summed E-state index contributed by atoms with van der Waals surface area (Å²) in [5.41, 5.74) is 18.7. The molecule has 1 heterocycles. The summed E-state index contributed by atoms with van der Waals surface area (Å²) in [6.07, 6.45) is 0. The molecule has 0 saturated carbocycles. The zero-order valence-electron chi connectivity index (χ0n) is 35.0. The maximum atomic E-state index is 6.81. The fourth-order valence-electron chi connectivity index (χ4n) is 11.5. The lowest BCUT2D eigenvalue weighted by molar-refractivity contribution is 0.623. The van der Waals surface area contributed by atoms with E-state index in [1.165, 1.54) is 66.8 Å². The highest BCUT2D eigenvalue weighted by Gasteiger charge is 2.56. The number of rotatable bonds is 6. The van der Waals surface area contributed by atoms with Crippen LogP contribution in [0.25, 0.3) is 44.2 Å². The number of hydrogen-bond donors (Lipinski definition) is 0. The lowest BCUT2D eigenvalue weighted by Crippen LogP contribution is -2.44. The molecule has 10 aromatic carbocycles. The van der Waals surface area contributed by atoms with Crippen LogP contribution in [-0.2, 0) is 10.8 Å². The van der Waals surface area contributed by atoms with Crippen molar-refractivity contribution in [1.82, 2.24) is 0 Å². The highest BCUT2D eigenvalue weighted by atomic mass is 16.3. The molecule has 2 nitrogen and oxygen atoms in total. The Hall–Kier alpha value is -8.20. The molecule has 0 N–H and O–H groups in total. The van der Waals surface area contributed by atoms with Crippen LogP contribution in [0.15, 0.2) is 253 Å². The molecule has 2 heteroatoms. The van der Waals surface area contributed by atoms with E-state index in [9.17, 15) is 0 Å². The molecule has 13 rings (SSSR count). The van der Waals surface area contributed by atoms with Crippen molar-refractivity contribution in [2.45, 2.75) is 10.8 Å². The topological polar surface area (TPSA) is 16.4 Å². The molecule has 1 spiro atoms. The third-order valence-corrected chi connectivity index (χ3v) is 14.0. The van der Waals surface area contributed by atoms with Gasteiger partial charge in [0.1, 0.15) is 5.58 Å². The Morgan fingerprint density at radius 3 is 1.45 bits per heavy atom. The van der Waals surface area contributed by atoms with Crippen LogP contribution in [0.1, 0.15) is 44.5 Å². The molecule has 0 aliphatic heterocycles. The smallest absolute Gasteiger partial charge is 0.159 e. The summed E-state index contributed by atoms with van der Waals surface area (Å²) in [6.45, 7) is 0. The van der Waals surface area contributed by atoms with Gasteiger partial charge in [-0.1, -0.05) is 212 Å². The van der Waals surface area contributed by atoms with Gasteiger partial charge < -0.3 is 9.32 Å². The molecule has 0 amide bonds. The molecule has 2 aliphatic carbocycles. The number of fused-ring (bicyclic) bond motifs is 12. The summed E-state index contributed by atoms with van der Waals surface area (Å²) in [4.78, 5) is 2.40. The van der Waals surface area contributed by atoms with Gasteiger partial charge in [-0.15, -0.1) is 0 Å². The summed E-state index contributed by atoms with van der Waals surface area (Å²) in [5, 5.41) is 2.20. The molecule has 0 radical (unpaired) electrons. The Bertz CT molecular complexity index is 3460. The highest BCUT2D eigenvalue weighted by molar-refractivity contribution is 6.10.